The molecule has 0 bridgehead atoms. The summed E-state index contributed by atoms with van der Waals surface area (Å²) in [6.45, 7) is 0. The minimum absolute atomic E-state index is 0.398. The number of nitriles is 3. The van der Waals surface area contributed by atoms with Gasteiger partial charge in [0.25, 0.3) is 0 Å². The van der Waals surface area contributed by atoms with Crippen LogP contribution in [0.25, 0.3) is 95.3 Å². The lowest BCUT2D eigenvalue weighted by atomic mass is 9.95. The van der Waals surface area contributed by atoms with Crippen molar-refractivity contribution in [2.75, 3.05) is 0 Å². The van der Waals surface area contributed by atoms with E-state index in [4.69, 9.17) is 19.9 Å². The van der Waals surface area contributed by atoms with Gasteiger partial charge in [-0.2, -0.15) is 15.8 Å². The summed E-state index contributed by atoms with van der Waals surface area (Å²) in [5.41, 5.74) is 11.0. The first kappa shape index (κ1) is 36.3. The molecule has 0 unspecified atom stereocenters. The van der Waals surface area contributed by atoms with Crippen molar-refractivity contribution in [3.63, 3.8) is 0 Å². The van der Waals surface area contributed by atoms with E-state index in [1.165, 1.54) is 0 Å². The van der Waals surface area contributed by atoms with Crippen LogP contribution < -0.4 is 0 Å². The Bertz CT molecular complexity index is 3100. The summed E-state index contributed by atoms with van der Waals surface area (Å²) in [4.78, 5) is 20.7. The molecule has 0 spiro atoms. The minimum Gasteiger partial charge on any atom is -0.308 e. The molecule has 10 aromatic rings. The minimum atomic E-state index is 0.398. The fourth-order valence-corrected chi connectivity index (χ4v) is 7.85. The molecule has 10 rings (SSSR count). The van der Waals surface area contributed by atoms with Crippen molar-refractivity contribution in [2.24, 2.45) is 0 Å². The highest BCUT2D eigenvalue weighted by atomic mass is 15.0. The quantitative estimate of drug-likeness (QED) is 0.157. The summed E-state index contributed by atoms with van der Waals surface area (Å²) < 4.78 is 2.14. The van der Waals surface area contributed by atoms with Gasteiger partial charge in [-0.1, -0.05) is 121 Å². The molecule has 0 fully saturated rings. The Balaban J connectivity index is 1.38. The van der Waals surface area contributed by atoms with Crippen molar-refractivity contribution < 1.29 is 0 Å². The van der Waals surface area contributed by atoms with E-state index in [1.807, 2.05) is 170 Å². The summed E-state index contributed by atoms with van der Waals surface area (Å²) in [5.74, 6) is 1.04. The highest BCUT2D eigenvalue weighted by molar-refractivity contribution is 6.11. The van der Waals surface area contributed by atoms with Gasteiger partial charge >= 0.3 is 0 Å². The van der Waals surface area contributed by atoms with Crippen molar-refractivity contribution in [3.8, 4) is 91.7 Å². The summed E-state index contributed by atoms with van der Waals surface area (Å²) >= 11 is 0. The van der Waals surface area contributed by atoms with Crippen molar-refractivity contribution in [1.29, 1.82) is 15.8 Å². The number of hydrogen-bond donors (Lipinski definition) is 0. The monoisotopic (exact) mass is 778 g/mol. The van der Waals surface area contributed by atoms with E-state index in [1.54, 1.807) is 12.1 Å². The van der Waals surface area contributed by atoms with E-state index >= 15 is 0 Å². The summed E-state index contributed by atoms with van der Waals surface area (Å²) in [6, 6.07) is 65.5. The molecular formula is C53H30N8. The summed E-state index contributed by atoms with van der Waals surface area (Å²) in [5, 5.41) is 32.5. The van der Waals surface area contributed by atoms with Gasteiger partial charge in [-0.3, -0.25) is 0 Å². The highest BCUT2D eigenvalue weighted by Gasteiger charge is 2.25. The van der Waals surface area contributed by atoms with Gasteiger partial charge in [0.05, 0.1) is 74.4 Å². The van der Waals surface area contributed by atoms with Crippen LogP contribution in [0, 0.1) is 34.0 Å². The first-order valence-corrected chi connectivity index (χ1v) is 19.6. The first-order chi connectivity index (χ1) is 30.1. The molecule has 0 saturated heterocycles. The number of benzene rings is 7. The fourth-order valence-electron chi connectivity index (χ4n) is 7.85. The molecule has 61 heavy (non-hydrogen) atoms. The maximum absolute atomic E-state index is 10.8. The molecule has 282 valence electrons. The number of rotatable bonds is 7. The SMILES string of the molecule is N#Cc1cc(-c2cc(-c3ccccc3)nc(-c3ccccc3)n2)c(-n2c3ccc(C#N)cc3c3cc(C#N)ccc32)c(-c2cc(-c3ccccc3)nc(-c3ccccc3)n2)c1. The van der Waals surface area contributed by atoms with Crippen molar-refractivity contribution >= 4 is 21.8 Å². The number of aromatic nitrogens is 5. The van der Waals surface area contributed by atoms with E-state index in [9.17, 15) is 15.8 Å². The molecule has 0 saturated carbocycles. The number of fused-ring (bicyclic) bond motifs is 3. The van der Waals surface area contributed by atoms with Gasteiger partial charge in [0, 0.05) is 44.2 Å². The fraction of sp³-hybridized carbons (Fsp3) is 0. The molecule has 0 radical (unpaired) electrons. The first-order valence-electron chi connectivity index (χ1n) is 19.6. The number of hydrogen-bond acceptors (Lipinski definition) is 7. The molecule has 0 aliphatic rings. The van der Waals surface area contributed by atoms with E-state index in [-0.39, 0.29) is 0 Å². The van der Waals surface area contributed by atoms with Crippen molar-refractivity contribution in [1.82, 2.24) is 24.5 Å². The average molecular weight is 779 g/mol. The Labute approximate surface area is 351 Å². The Morgan fingerprint density at radius 3 is 1.08 bits per heavy atom. The zero-order chi connectivity index (χ0) is 41.3. The van der Waals surface area contributed by atoms with E-state index in [2.05, 4.69) is 22.8 Å². The van der Waals surface area contributed by atoms with Gasteiger partial charge in [0.1, 0.15) is 0 Å². The molecule has 7 aromatic carbocycles. The third kappa shape index (κ3) is 6.71. The van der Waals surface area contributed by atoms with Crippen LogP contribution in [0.1, 0.15) is 16.7 Å². The van der Waals surface area contributed by atoms with Gasteiger partial charge in [0.2, 0.25) is 0 Å². The van der Waals surface area contributed by atoms with Crippen LogP contribution in [0.2, 0.25) is 0 Å². The second-order valence-corrected chi connectivity index (χ2v) is 14.4. The lowest BCUT2D eigenvalue weighted by Crippen LogP contribution is -2.05. The van der Waals surface area contributed by atoms with Crippen LogP contribution >= 0.6 is 0 Å². The predicted molar refractivity (Wildman–Crippen MR) is 239 cm³/mol. The van der Waals surface area contributed by atoms with Gasteiger partial charge in [-0.25, -0.2) is 19.9 Å². The molecule has 0 N–H and O–H groups in total. The van der Waals surface area contributed by atoms with E-state index in [0.717, 1.165) is 44.1 Å². The Morgan fingerprint density at radius 1 is 0.344 bits per heavy atom. The van der Waals surface area contributed by atoms with Gasteiger partial charge in [0.15, 0.2) is 11.6 Å². The summed E-state index contributed by atoms with van der Waals surface area (Å²) in [7, 11) is 0. The standard InChI is InChI=1S/C53H30N8/c54-31-34-21-23-49-41(25-34)42-26-35(32-55)22-24-50(42)61(49)51-43(47-29-45(37-13-5-1-6-14-37)57-52(59-47)39-17-9-3-10-18-39)27-36(33-56)28-44(51)48-30-46(38-15-7-2-8-16-38)58-53(60-48)40-19-11-4-12-20-40/h1-30H. The van der Waals surface area contributed by atoms with E-state index in [0.29, 0.717) is 67.9 Å². The zero-order valence-corrected chi connectivity index (χ0v) is 32.4. The molecule has 0 amide bonds. The smallest absolute Gasteiger partial charge is 0.160 e. The van der Waals surface area contributed by atoms with Gasteiger partial charge in [-0.05, 0) is 60.7 Å². The van der Waals surface area contributed by atoms with Gasteiger partial charge in [-0.15, -0.1) is 0 Å². The van der Waals surface area contributed by atoms with Crippen LogP contribution in [0.5, 0.6) is 0 Å². The van der Waals surface area contributed by atoms with Crippen LogP contribution in [-0.4, -0.2) is 24.5 Å². The molecular weight excluding hydrogens is 749 g/mol. The lowest BCUT2D eigenvalue weighted by molar-refractivity contribution is 1.14. The molecule has 0 aliphatic heterocycles. The third-order valence-corrected chi connectivity index (χ3v) is 10.7. The largest absolute Gasteiger partial charge is 0.308 e. The van der Waals surface area contributed by atoms with Crippen molar-refractivity contribution in [2.45, 2.75) is 0 Å². The average Bonchev–Trinajstić information content (AvgIpc) is 3.66. The second-order valence-electron chi connectivity index (χ2n) is 14.4. The maximum Gasteiger partial charge on any atom is 0.160 e. The molecule has 0 aliphatic carbocycles. The Kier molecular flexibility index (Phi) is 9.16. The number of nitrogens with zero attached hydrogens (tertiary/aromatic N) is 8. The highest BCUT2D eigenvalue weighted by Crippen LogP contribution is 2.43. The van der Waals surface area contributed by atoms with E-state index < -0.39 is 0 Å². The summed E-state index contributed by atoms with van der Waals surface area (Å²) in [6.07, 6.45) is 0. The lowest BCUT2D eigenvalue weighted by Gasteiger charge is -2.20. The van der Waals surface area contributed by atoms with Crippen LogP contribution in [0.3, 0.4) is 0 Å². The van der Waals surface area contributed by atoms with Crippen LogP contribution in [0.15, 0.2) is 182 Å². The topological polar surface area (TPSA) is 128 Å². The van der Waals surface area contributed by atoms with Crippen LogP contribution in [-0.2, 0) is 0 Å². The third-order valence-electron chi connectivity index (χ3n) is 10.7. The normalized spacial score (nSPS) is 10.9. The zero-order valence-electron chi connectivity index (χ0n) is 32.4. The molecule has 8 nitrogen and oxygen atoms in total. The molecule has 3 aromatic heterocycles. The second kappa shape index (κ2) is 15.4. The van der Waals surface area contributed by atoms with Crippen molar-refractivity contribution in [3.05, 3.63) is 199 Å². The molecule has 0 atom stereocenters. The Hall–Kier alpha value is -9.03. The predicted octanol–water partition coefficient (Wildman–Crippen LogP) is 12.0. The van der Waals surface area contributed by atoms with Crippen LogP contribution in [0.4, 0.5) is 0 Å². The molecule has 3 heterocycles. The molecule has 8 heteroatoms. The maximum atomic E-state index is 10.8. The Morgan fingerprint density at radius 2 is 0.705 bits per heavy atom. The van der Waals surface area contributed by atoms with Gasteiger partial charge < -0.3 is 4.57 Å².